The first-order valence-corrected chi connectivity index (χ1v) is 6.24. The minimum absolute atomic E-state index is 1.06. The van der Waals surface area contributed by atoms with Gasteiger partial charge in [0.2, 0.25) is 0 Å². The molecule has 0 heterocycles. The summed E-state index contributed by atoms with van der Waals surface area (Å²) in [6, 6.07) is 8.58. The standard InChI is InChI=1S/C14H15Br/c15-14-9-7-13(8-10-14)11-12-5-3-1-2-4-6-12/h3,5-10H,1-2,4,11H2. The Hall–Kier alpha value is -0.820. The highest BCUT2D eigenvalue weighted by molar-refractivity contribution is 9.10. The number of allylic oxidation sites excluding steroid dienone is 4. The molecule has 78 valence electrons. The van der Waals surface area contributed by atoms with Gasteiger partial charge in [-0.2, -0.15) is 0 Å². The van der Waals surface area contributed by atoms with Crippen LogP contribution in [0.15, 0.2) is 52.5 Å². The highest BCUT2D eigenvalue weighted by Crippen LogP contribution is 2.17. The van der Waals surface area contributed by atoms with Crippen molar-refractivity contribution in [2.75, 3.05) is 0 Å². The van der Waals surface area contributed by atoms with E-state index in [0.717, 1.165) is 10.9 Å². The van der Waals surface area contributed by atoms with E-state index in [4.69, 9.17) is 0 Å². The van der Waals surface area contributed by atoms with E-state index in [0.29, 0.717) is 0 Å². The quantitative estimate of drug-likeness (QED) is 0.728. The average molecular weight is 263 g/mol. The van der Waals surface area contributed by atoms with Crippen LogP contribution < -0.4 is 0 Å². The zero-order valence-electron chi connectivity index (χ0n) is 8.75. The number of hydrogen-bond donors (Lipinski definition) is 0. The van der Waals surface area contributed by atoms with E-state index < -0.39 is 0 Å². The lowest BCUT2D eigenvalue weighted by Gasteiger charge is -2.02. The smallest absolute Gasteiger partial charge is 0.0175 e. The lowest BCUT2D eigenvalue weighted by Crippen LogP contribution is -1.87. The molecular weight excluding hydrogens is 248 g/mol. The van der Waals surface area contributed by atoms with Gasteiger partial charge in [-0.05, 0) is 49.0 Å². The molecule has 0 saturated carbocycles. The van der Waals surface area contributed by atoms with Gasteiger partial charge in [0.05, 0.1) is 0 Å². The second-order valence-electron chi connectivity index (χ2n) is 3.92. The molecule has 1 heteroatoms. The third kappa shape index (κ3) is 3.35. The van der Waals surface area contributed by atoms with Crippen molar-refractivity contribution in [2.24, 2.45) is 0 Å². The summed E-state index contributed by atoms with van der Waals surface area (Å²) >= 11 is 3.45. The van der Waals surface area contributed by atoms with E-state index >= 15 is 0 Å². The number of hydrogen-bond acceptors (Lipinski definition) is 0. The Bertz CT molecular complexity index is 371. The van der Waals surface area contributed by atoms with Crippen LogP contribution in [0, 0.1) is 0 Å². The van der Waals surface area contributed by atoms with Crippen LogP contribution >= 0.6 is 15.9 Å². The molecule has 0 atom stereocenters. The van der Waals surface area contributed by atoms with Crippen molar-refractivity contribution in [3.8, 4) is 0 Å². The van der Waals surface area contributed by atoms with Crippen LogP contribution in [0.5, 0.6) is 0 Å². The fourth-order valence-corrected chi connectivity index (χ4v) is 2.06. The Morgan fingerprint density at radius 1 is 1.07 bits per heavy atom. The average Bonchev–Trinajstić information content (AvgIpc) is 2.50. The van der Waals surface area contributed by atoms with Gasteiger partial charge in [0.1, 0.15) is 0 Å². The predicted octanol–water partition coefficient (Wildman–Crippen LogP) is 4.66. The molecular formula is C14H15Br. The van der Waals surface area contributed by atoms with Gasteiger partial charge >= 0.3 is 0 Å². The van der Waals surface area contributed by atoms with Gasteiger partial charge in [-0.3, -0.25) is 0 Å². The van der Waals surface area contributed by atoms with Crippen molar-refractivity contribution in [2.45, 2.75) is 25.7 Å². The van der Waals surface area contributed by atoms with Gasteiger partial charge in [0, 0.05) is 4.47 Å². The van der Waals surface area contributed by atoms with Gasteiger partial charge in [-0.1, -0.05) is 46.3 Å². The second kappa shape index (κ2) is 5.32. The summed E-state index contributed by atoms with van der Waals surface area (Å²) in [6.07, 6.45) is 11.7. The van der Waals surface area contributed by atoms with E-state index in [9.17, 15) is 0 Å². The molecule has 0 spiro atoms. The van der Waals surface area contributed by atoms with Crippen molar-refractivity contribution < 1.29 is 0 Å². The van der Waals surface area contributed by atoms with Gasteiger partial charge in [0.15, 0.2) is 0 Å². The summed E-state index contributed by atoms with van der Waals surface area (Å²) in [6.45, 7) is 0. The summed E-state index contributed by atoms with van der Waals surface area (Å²) in [5.74, 6) is 0. The highest BCUT2D eigenvalue weighted by atomic mass is 79.9. The molecule has 0 saturated heterocycles. The molecule has 0 unspecified atom stereocenters. The van der Waals surface area contributed by atoms with Crippen molar-refractivity contribution in [1.29, 1.82) is 0 Å². The van der Waals surface area contributed by atoms with Crippen molar-refractivity contribution in [3.05, 3.63) is 58.1 Å². The van der Waals surface area contributed by atoms with Crippen molar-refractivity contribution in [1.82, 2.24) is 0 Å². The van der Waals surface area contributed by atoms with Crippen LogP contribution in [0.25, 0.3) is 0 Å². The van der Waals surface area contributed by atoms with Gasteiger partial charge in [0.25, 0.3) is 0 Å². The maximum atomic E-state index is 3.45. The Kier molecular flexibility index (Phi) is 3.79. The van der Waals surface area contributed by atoms with E-state index in [1.165, 1.54) is 30.4 Å². The molecule has 0 amide bonds. The Morgan fingerprint density at radius 2 is 1.87 bits per heavy atom. The molecule has 1 aliphatic rings. The van der Waals surface area contributed by atoms with Crippen LogP contribution in [-0.2, 0) is 6.42 Å². The largest absolute Gasteiger partial charge is 0.0843 e. The molecule has 0 aliphatic heterocycles. The molecule has 2 rings (SSSR count). The monoisotopic (exact) mass is 262 g/mol. The molecule has 1 aromatic rings. The molecule has 0 radical (unpaired) electrons. The first-order chi connectivity index (χ1) is 7.34. The molecule has 0 N–H and O–H groups in total. The topological polar surface area (TPSA) is 0 Å². The summed E-state index contributed by atoms with van der Waals surface area (Å²) in [5, 5.41) is 0. The summed E-state index contributed by atoms with van der Waals surface area (Å²) in [4.78, 5) is 0. The lowest BCUT2D eigenvalue weighted by molar-refractivity contribution is 0.873. The second-order valence-corrected chi connectivity index (χ2v) is 4.83. The van der Waals surface area contributed by atoms with Crippen LogP contribution in [0.2, 0.25) is 0 Å². The minimum Gasteiger partial charge on any atom is -0.0843 e. The Morgan fingerprint density at radius 3 is 2.67 bits per heavy atom. The van der Waals surface area contributed by atoms with Crippen LogP contribution in [0.4, 0.5) is 0 Å². The third-order valence-electron chi connectivity index (χ3n) is 2.63. The molecule has 1 aromatic carbocycles. The summed E-state index contributed by atoms with van der Waals surface area (Å²) < 4.78 is 1.15. The molecule has 1 aliphatic carbocycles. The van der Waals surface area contributed by atoms with E-state index in [1.807, 2.05) is 0 Å². The van der Waals surface area contributed by atoms with E-state index in [1.54, 1.807) is 0 Å². The van der Waals surface area contributed by atoms with Crippen LogP contribution in [0.3, 0.4) is 0 Å². The third-order valence-corrected chi connectivity index (χ3v) is 3.16. The number of benzene rings is 1. The molecule has 0 bridgehead atoms. The Labute approximate surface area is 99.8 Å². The first kappa shape index (κ1) is 10.7. The normalized spacial score (nSPS) is 15.9. The maximum Gasteiger partial charge on any atom is 0.0175 e. The molecule has 15 heavy (non-hydrogen) atoms. The summed E-state index contributed by atoms with van der Waals surface area (Å²) in [5.41, 5.74) is 2.84. The summed E-state index contributed by atoms with van der Waals surface area (Å²) in [7, 11) is 0. The Balaban J connectivity index is 2.07. The predicted molar refractivity (Wildman–Crippen MR) is 68.9 cm³/mol. The number of halogens is 1. The van der Waals surface area contributed by atoms with Crippen LogP contribution in [0.1, 0.15) is 24.8 Å². The van der Waals surface area contributed by atoms with Crippen molar-refractivity contribution in [3.63, 3.8) is 0 Å². The zero-order chi connectivity index (χ0) is 10.5. The molecule has 0 nitrogen and oxygen atoms in total. The zero-order valence-corrected chi connectivity index (χ0v) is 10.3. The molecule has 0 fully saturated rings. The molecule has 0 aromatic heterocycles. The minimum atomic E-state index is 1.06. The first-order valence-electron chi connectivity index (χ1n) is 5.44. The van der Waals surface area contributed by atoms with E-state index in [2.05, 4.69) is 58.4 Å². The number of rotatable bonds is 2. The SMILES string of the molecule is Brc1ccc(CC2=CCCCC=C2)cc1. The van der Waals surface area contributed by atoms with Gasteiger partial charge < -0.3 is 0 Å². The van der Waals surface area contributed by atoms with Crippen LogP contribution in [-0.4, -0.2) is 0 Å². The lowest BCUT2D eigenvalue weighted by atomic mass is 10.0. The fraction of sp³-hybridized carbons (Fsp3) is 0.286. The maximum absolute atomic E-state index is 3.45. The van der Waals surface area contributed by atoms with Gasteiger partial charge in [-0.15, -0.1) is 0 Å². The van der Waals surface area contributed by atoms with Gasteiger partial charge in [-0.25, -0.2) is 0 Å². The highest BCUT2D eigenvalue weighted by Gasteiger charge is 1.99. The van der Waals surface area contributed by atoms with Crippen molar-refractivity contribution >= 4 is 15.9 Å². The fourth-order valence-electron chi connectivity index (χ4n) is 1.79. The van der Waals surface area contributed by atoms with E-state index in [-0.39, 0.29) is 0 Å².